The van der Waals surface area contributed by atoms with E-state index >= 15 is 0 Å². The van der Waals surface area contributed by atoms with Crippen molar-refractivity contribution >= 4 is 197 Å². The number of benzene rings is 11. The molecule has 0 aliphatic heterocycles. The highest BCUT2D eigenvalue weighted by atomic mass is 79.9. The minimum absolute atomic E-state index is 0. The second-order valence-corrected chi connectivity index (χ2v) is 30.4. The number of para-hydroxylation sites is 1. The highest BCUT2D eigenvalue weighted by Gasteiger charge is 2.18. The van der Waals surface area contributed by atoms with Crippen LogP contribution in [-0.4, -0.2) is 6.61 Å². The quantitative estimate of drug-likeness (QED) is 0.133. The standard InChI is InChI=1S/C19H11ClO2S.C17H16OS.C16H13BrO2S.C16H14OS.C15H11ClOS.2CH4/c20-14-10-11-15(22-12-6-2-1-3-7-12)19-17(14)18(21)13-8-4-5-9-16(13)23-19;1-3-11-9-12(4-2)17-14(10-11)16(18)13-7-5-6-8-15(13)19-17;1-2-9-19-12-8-7-11(17)14-15(18)10-5-3-4-6-13(10)20-16(12)14;1-10(2)11-7-8-15-13(9-11)16(17)12-5-3-4-6-14(12)18-15;1-2-9-7-8-11(16)13-14(17)10-5-3-4-6-12(10)18-15(9)13;;/h1-11H;5-10H,3-4H2,1-2H3;3-8H,2,9H2,1H3;3-10H,1-2H3;3-8H,2H2,1H3;2*1H4. The lowest BCUT2D eigenvalue weighted by atomic mass is 10.0. The van der Waals surface area contributed by atoms with E-state index in [0.29, 0.717) is 49.9 Å². The summed E-state index contributed by atoms with van der Waals surface area (Å²) in [5.41, 5.74) is 5.33. The van der Waals surface area contributed by atoms with E-state index in [0.717, 1.165) is 121 Å². The molecule has 0 spiro atoms. The average molecular weight is 1520 g/mol. The highest BCUT2D eigenvalue weighted by Crippen LogP contribution is 2.40. The molecular weight excluding hydrogens is 1440 g/mol. The zero-order valence-electron chi connectivity index (χ0n) is 54.4. The molecule has 7 nitrogen and oxygen atoms in total. The first kappa shape index (κ1) is 74.2. The summed E-state index contributed by atoms with van der Waals surface area (Å²) in [6.07, 6.45) is 3.79. The Morgan fingerprint density at radius 3 is 1.33 bits per heavy atom. The molecule has 0 aliphatic rings. The molecule has 0 atom stereocenters. The molecule has 16 aromatic rings. The molecule has 0 aliphatic carbocycles. The molecule has 0 unspecified atom stereocenters. The van der Waals surface area contributed by atoms with Crippen LogP contribution in [0.2, 0.25) is 10.0 Å². The number of hydrogen-bond acceptors (Lipinski definition) is 12. The number of aryl methyl sites for hydroxylation is 3. The molecule has 100 heavy (non-hydrogen) atoms. The maximum absolute atomic E-state index is 12.8. The van der Waals surface area contributed by atoms with Crippen molar-refractivity contribution in [2.75, 3.05) is 6.61 Å². The third-order valence-corrected chi connectivity index (χ3v) is 24.0. The van der Waals surface area contributed by atoms with Crippen molar-refractivity contribution in [3.05, 3.63) is 306 Å². The predicted molar refractivity (Wildman–Crippen MR) is 444 cm³/mol. The van der Waals surface area contributed by atoms with Gasteiger partial charge in [0.15, 0.2) is 27.1 Å². The Bertz CT molecular complexity index is 6020. The van der Waals surface area contributed by atoms with Crippen LogP contribution in [0.1, 0.15) is 91.0 Å². The lowest BCUT2D eigenvalue weighted by Gasteiger charge is -2.10. The maximum Gasteiger partial charge on any atom is 0.197 e. The van der Waals surface area contributed by atoms with Gasteiger partial charge >= 0.3 is 0 Å². The predicted octanol–water partition coefficient (Wildman–Crippen LogP) is 25.8. The summed E-state index contributed by atoms with van der Waals surface area (Å²) in [5, 5.41) is 8.51. The van der Waals surface area contributed by atoms with Crippen LogP contribution >= 0.6 is 95.8 Å². The Kier molecular flexibility index (Phi) is 24.7. The number of hydrogen-bond donors (Lipinski definition) is 0. The molecular formula is C85H73BrCl2O7S5. The van der Waals surface area contributed by atoms with E-state index in [1.165, 1.54) is 33.6 Å². The summed E-state index contributed by atoms with van der Waals surface area (Å²) in [4.78, 5) is 63.0. The smallest absolute Gasteiger partial charge is 0.197 e. The fourth-order valence-electron chi connectivity index (χ4n) is 11.6. The van der Waals surface area contributed by atoms with Crippen LogP contribution in [0.5, 0.6) is 17.2 Å². The Morgan fingerprint density at radius 1 is 0.380 bits per heavy atom. The van der Waals surface area contributed by atoms with Crippen LogP contribution in [0.4, 0.5) is 0 Å². The topological polar surface area (TPSA) is 104 Å². The first-order chi connectivity index (χ1) is 47.6. The van der Waals surface area contributed by atoms with Crippen molar-refractivity contribution in [1.29, 1.82) is 0 Å². The van der Waals surface area contributed by atoms with Crippen LogP contribution in [0.3, 0.4) is 0 Å². The normalized spacial score (nSPS) is 11.0. The van der Waals surface area contributed by atoms with Gasteiger partial charge in [-0.3, -0.25) is 24.0 Å². The molecule has 0 saturated heterocycles. The van der Waals surface area contributed by atoms with Gasteiger partial charge in [-0.1, -0.05) is 177 Å². The van der Waals surface area contributed by atoms with Crippen molar-refractivity contribution in [3.63, 3.8) is 0 Å². The lowest BCUT2D eigenvalue weighted by molar-refractivity contribution is 0.321. The van der Waals surface area contributed by atoms with Crippen LogP contribution < -0.4 is 36.6 Å². The largest absolute Gasteiger partial charge is 0.492 e. The highest BCUT2D eigenvalue weighted by molar-refractivity contribution is 9.10. The SMILES string of the molecule is C.C.CC(C)c1ccc2sc3ccccc3c(=O)c2c1.CCCOc1ccc(Br)c2c(=O)c3ccccc3sc12.CCc1cc(CC)c2sc3ccccc3c(=O)c2c1.CCc1ccc(Cl)c2c(=O)c3ccccc3sc12.O=c1c2ccccc2sc2c(Oc3ccccc3)ccc(Cl)c12. The minimum Gasteiger partial charge on any atom is -0.492 e. The zero-order chi connectivity index (χ0) is 68.7. The molecule has 15 heteroatoms. The average Bonchev–Trinajstić information content (AvgIpc) is 0.789. The maximum atomic E-state index is 12.8. The number of rotatable bonds is 9. The van der Waals surface area contributed by atoms with Gasteiger partial charge in [0.1, 0.15) is 17.2 Å². The van der Waals surface area contributed by atoms with Crippen molar-refractivity contribution in [1.82, 2.24) is 0 Å². The van der Waals surface area contributed by atoms with Gasteiger partial charge in [0.25, 0.3) is 0 Å². The molecule has 0 saturated carbocycles. The van der Waals surface area contributed by atoms with Crippen molar-refractivity contribution in [2.24, 2.45) is 0 Å². The molecule has 0 bridgehead atoms. The summed E-state index contributed by atoms with van der Waals surface area (Å²) >= 11 is 24.2. The van der Waals surface area contributed by atoms with Gasteiger partial charge in [0, 0.05) is 79.8 Å². The fourth-order valence-corrected chi connectivity index (χ4v) is 18.7. The molecule has 16 rings (SSSR count). The lowest BCUT2D eigenvalue weighted by Crippen LogP contribution is -2.03. The van der Waals surface area contributed by atoms with Gasteiger partial charge in [0.2, 0.25) is 0 Å². The fraction of sp³-hybridized carbons (Fsp3) is 0.165. The van der Waals surface area contributed by atoms with E-state index in [4.69, 9.17) is 32.7 Å². The van der Waals surface area contributed by atoms with E-state index in [2.05, 4.69) is 81.7 Å². The number of halogens is 3. The van der Waals surface area contributed by atoms with Gasteiger partial charge in [-0.15, -0.1) is 56.7 Å². The molecule has 0 N–H and O–H groups in total. The molecule has 506 valence electrons. The Labute approximate surface area is 618 Å². The van der Waals surface area contributed by atoms with Crippen LogP contribution in [0, 0.1) is 0 Å². The summed E-state index contributed by atoms with van der Waals surface area (Å²) in [5.74, 6) is 2.61. The van der Waals surface area contributed by atoms with E-state index in [1.807, 2.05) is 188 Å². The van der Waals surface area contributed by atoms with Gasteiger partial charge in [-0.2, -0.15) is 0 Å². The van der Waals surface area contributed by atoms with Crippen molar-refractivity contribution < 1.29 is 9.47 Å². The number of fused-ring (bicyclic) bond motifs is 10. The van der Waals surface area contributed by atoms with E-state index in [-0.39, 0.29) is 42.0 Å². The third kappa shape index (κ3) is 15.5. The summed E-state index contributed by atoms with van der Waals surface area (Å²) in [7, 11) is 0. The van der Waals surface area contributed by atoms with Crippen LogP contribution in [0.15, 0.2) is 247 Å². The Balaban J connectivity index is 0.000000135. The van der Waals surface area contributed by atoms with E-state index < -0.39 is 0 Å². The molecule has 5 heterocycles. The van der Waals surface area contributed by atoms with Gasteiger partial charge in [0.05, 0.1) is 42.2 Å². The molecule has 11 aromatic carbocycles. The Morgan fingerprint density at radius 2 is 0.810 bits per heavy atom. The number of ether oxygens (including phenoxy) is 2. The summed E-state index contributed by atoms with van der Waals surface area (Å²) in [6, 6.07) is 69.9. The summed E-state index contributed by atoms with van der Waals surface area (Å²) < 4.78 is 22.6. The van der Waals surface area contributed by atoms with Gasteiger partial charge < -0.3 is 9.47 Å². The molecule has 0 amide bonds. The van der Waals surface area contributed by atoms with Gasteiger partial charge in [-0.25, -0.2) is 0 Å². The molecule has 5 aromatic heterocycles. The van der Waals surface area contributed by atoms with Crippen molar-refractivity contribution in [3.8, 4) is 17.2 Å². The molecule has 0 fully saturated rings. The van der Waals surface area contributed by atoms with Gasteiger partial charge in [-0.05, 0) is 191 Å². The molecule has 0 radical (unpaired) electrons. The monoisotopic (exact) mass is 1510 g/mol. The van der Waals surface area contributed by atoms with E-state index in [9.17, 15) is 24.0 Å². The minimum atomic E-state index is -0.0575. The second-order valence-electron chi connectivity index (χ2n) is 23.4. The van der Waals surface area contributed by atoms with E-state index in [1.54, 1.807) is 51.4 Å². The first-order valence-corrected chi connectivity index (χ1v) is 37.9. The van der Waals surface area contributed by atoms with Crippen LogP contribution in [0.25, 0.3) is 101 Å². The first-order valence-electron chi connectivity index (χ1n) is 32.3. The zero-order valence-corrected chi connectivity index (χ0v) is 61.6. The summed E-state index contributed by atoms with van der Waals surface area (Å²) in [6.45, 7) is 13.4. The third-order valence-electron chi connectivity index (χ3n) is 16.7. The van der Waals surface area contributed by atoms with Crippen molar-refractivity contribution in [2.45, 2.75) is 88.0 Å². The Hall–Kier alpha value is -8.47. The van der Waals surface area contributed by atoms with Crippen LogP contribution in [-0.2, 0) is 19.3 Å². The second kappa shape index (κ2) is 33.3.